The first kappa shape index (κ1) is 17.1. The number of carbonyl (C=O) groups excluding carboxylic acids is 1. The first-order valence-corrected chi connectivity index (χ1v) is 9.95. The van der Waals surface area contributed by atoms with Crippen molar-refractivity contribution in [2.45, 2.75) is 30.7 Å². The van der Waals surface area contributed by atoms with Crippen LogP contribution in [0.4, 0.5) is 0 Å². The third-order valence-electron chi connectivity index (χ3n) is 4.00. The highest BCUT2D eigenvalue weighted by molar-refractivity contribution is 8.00. The zero-order valence-electron chi connectivity index (χ0n) is 13.4. The number of nitrogens with two attached hydrogens (primary N) is 1. The molecule has 1 saturated heterocycles. The summed E-state index contributed by atoms with van der Waals surface area (Å²) in [6.45, 7) is 4.26. The van der Waals surface area contributed by atoms with E-state index in [1.807, 2.05) is 19.9 Å². The summed E-state index contributed by atoms with van der Waals surface area (Å²) in [5, 5.41) is 4.93. The molecule has 1 aromatic heterocycles. The number of furan rings is 1. The Kier molecular flexibility index (Phi) is 4.46. The maximum absolute atomic E-state index is 12.2. The van der Waals surface area contributed by atoms with Crippen LogP contribution < -0.4 is 5.14 Å². The molecular formula is C16H18N2O4S2. The van der Waals surface area contributed by atoms with Gasteiger partial charge in [-0.15, -0.1) is 11.8 Å². The van der Waals surface area contributed by atoms with Gasteiger partial charge >= 0.3 is 0 Å². The molecule has 2 aromatic rings. The van der Waals surface area contributed by atoms with Crippen LogP contribution in [0.1, 0.15) is 28.0 Å². The van der Waals surface area contributed by atoms with Crippen LogP contribution in [0.2, 0.25) is 0 Å². The minimum absolute atomic E-state index is 0.0345. The van der Waals surface area contributed by atoms with Crippen molar-refractivity contribution < 1.29 is 17.6 Å². The second-order valence-corrected chi connectivity index (χ2v) is 8.39. The number of primary sulfonamides is 1. The van der Waals surface area contributed by atoms with Crippen molar-refractivity contribution >= 4 is 27.7 Å². The number of benzene rings is 1. The normalized spacial score (nSPS) is 18.4. The van der Waals surface area contributed by atoms with Gasteiger partial charge in [-0.05, 0) is 43.2 Å². The largest absolute Gasteiger partial charge is 0.463 e. The van der Waals surface area contributed by atoms with E-state index >= 15 is 0 Å². The molecule has 0 saturated carbocycles. The van der Waals surface area contributed by atoms with Crippen LogP contribution in [-0.2, 0) is 21.4 Å². The lowest BCUT2D eigenvalue weighted by atomic mass is 10.2. The monoisotopic (exact) mass is 366 g/mol. The molecule has 1 amide bonds. The SMILES string of the molecule is Cc1cc(C2SCC(=O)N2Cc2ccc(S(N)(=O)=O)cc2)oc1C. The third kappa shape index (κ3) is 3.35. The van der Waals surface area contributed by atoms with E-state index in [1.165, 1.54) is 23.9 Å². The van der Waals surface area contributed by atoms with E-state index in [4.69, 9.17) is 9.56 Å². The number of hydrogen-bond acceptors (Lipinski definition) is 5. The number of hydrogen-bond donors (Lipinski definition) is 1. The highest BCUT2D eigenvalue weighted by Crippen LogP contribution is 2.40. The number of amides is 1. The lowest BCUT2D eigenvalue weighted by Crippen LogP contribution is -2.27. The summed E-state index contributed by atoms with van der Waals surface area (Å²) >= 11 is 1.53. The average molecular weight is 366 g/mol. The van der Waals surface area contributed by atoms with Crippen LogP contribution in [0.15, 0.2) is 39.6 Å². The molecule has 24 heavy (non-hydrogen) atoms. The Morgan fingerprint density at radius 2 is 1.96 bits per heavy atom. The van der Waals surface area contributed by atoms with Crippen LogP contribution in [0.25, 0.3) is 0 Å². The zero-order valence-corrected chi connectivity index (χ0v) is 15.0. The van der Waals surface area contributed by atoms with Gasteiger partial charge < -0.3 is 9.32 Å². The lowest BCUT2D eigenvalue weighted by Gasteiger charge is -2.22. The Hall–Kier alpha value is -1.77. The highest BCUT2D eigenvalue weighted by atomic mass is 32.2. The third-order valence-corrected chi connectivity index (χ3v) is 6.15. The number of thioether (sulfide) groups is 1. The van der Waals surface area contributed by atoms with E-state index in [0.29, 0.717) is 12.3 Å². The van der Waals surface area contributed by atoms with Crippen molar-refractivity contribution in [3.8, 4) is 0 Å². The summed E-state index contributed by atoms with van der Waals surface area (Å²) < 4.78 is 28.4. The van der Waals surface area contributed by atoms with Gasteiger partial charge in [0.25, 0.3) is 0 Å². The van der Waals surface area contributed by atoms with Gasteiger partial charge in [0.2, 0.25) is 15.9 Å². The molecule has 1 aliphatic rings. The molecule has 0 radical (unpaired) electrons. The van der Waals surface area contributed by atoms with Gasteiger partial charge in [0, 0.05) is 6.54 Å². The van der Waals surface area contributed by atoms with Crippen LogP contribution in [0, 0.1) is 13.8 Å². The van der Waals surface area contributed by atoms with Crippen LogP contribution in [0.5, 0.6) is 0 Å². The maximum atomic E-state index is 12.2. The predicted octanol–water partition coefficient (Wildman–Crippen LogP) is 2.32. The smallest absolute Gasteiger partial charge is 0.238 e. The molecule has 1 aliphatic heterocycles. The van der Waals surface area contributed by atoms with Crippen molar-refractivity contribution in [1.29, 1.82) is 0 Å². The van der Waals surface area contributed by atoms with Gasteiger partial charge in [-0.3, -0.25) is 4.79 Å². The van der Waals surface area contributed by atoms with E-state index in [0.717, 1.165) is 22.6 Å². The number of sulfonamides is 1. The molecule has 0 spiro atoms. The Labute approximate surface area is 145 Å². The van der Waals surface area contributed by atoms with Crippen LogP contribution in [0.3, 0.4) is 0 Å². The molecular weight excluding hydrogens is 348 g/mol. The van der Waals surface area contributed by atoms with Gasteiger partial charge in [-0.2, -0.15) is 0 Å². The summed E-state index contributed by atoms with van der Waals surface area (Å²) in [5.74, 6) is 2.05. The summed E-state index contributed by atoms with van der Waals surface area (Å²) in [5.41, 5.74) is 1.89. The minimum atomic E-state index is -3.71. The number of rotatable bonds is 4. The van der Waals surface area contributed by atoms with Crippen molar-refractivity contribution in [2.24, 2.45) is 5.14 Å². The fourth-order valence-corrected chi connectivity index (χ4v) is 4.20. The van der Waals surface area contributed by atoms with E-state index in [9.17, 15) is 13.2 Å². The predicted molar refractivity (Wildman–Crippen MR) is 91.7 cm³/mol. The van der Waals surface area contributed by atoms with Gasteiger partial charge in [-0.1, -0.05) is 12.1 Å². The van der Waals surface area contributed by atoms with E-state index in [2.05, 4.69) is 0 Å². The van der Waals surface area contributed by atoms with Crippen molar-refractivity contribution in [3.05, 3.63) is 53.0 Å². The topological polar surface area (TPSA) is 93.6 Å². The molecule has 3 rings (SSSR count). The van der Waals surface area contributed by atoms with Gasteiger partial charge in [0.05, 0.1) is 10.6 Å². The summed E-state index contributed by atoms with van der Waals surface area (Å²) in [6, 6.07) is 8.21. The van der Waals surface area contributed by atoms with E-state index in [-0.39, 0.29) is 16.2 Å². The van der Waals surface area contributed by atoms with E-state index < -0.39 is 10.0 Å². The first-order valence-electron chi connectivity index (χ1n) is 7.35. The maximum Gasteiger partial charge on any atom is 0.238 e. The molecule has 8 heteroatoms. The Morgan fingerprint density at radius 3 is 2.50 bits per heavy atom. The molecule has 1 aromatic carbocycles. The summed E-state index contributed by atoms with van der Waals surface area (Å²) in [7, 11) is -3.71. The quantitative estimate of drug-likeness (QED) is 0.896. The molecule has 1 unspecified atom stereocenters. The molecule has 0 bridgehead atoms. The molecule has 1 atom stereocenters. The average Bonchev–Trinajstić information content (AvgIpc) is 3.03. The Bertz CT molecular complexity index is 852. The number of aryl methyl sites for hydroxylation is 2. The number of nitrogens with zero attached hydrogens (tertiary/aromatic N) is 1. The second-order valence-electron chi connectivity index (χ2n) is 5.76. The van der Waals surface area contributed by atoms with Crippen molar-refractivity contribution in [3.63, 3.8) is 0 Å². The Balaban J connectivity index is 1.83. The van der Waals surface area contributed by atoms with Crippen LogP contribution >= 0.6 is 11.8 Å². The first-order chi connectivity index (χ1) is 11.3. The lowest BCUT2D eigenvalue weighted by molar-refractivity contribution is -0.128. The number of carbonyl (C=O) groups is 1. The van der Waals surface area contributed by atoms with Gasteiger partial charge in [0.1, 0.15) is 16.9 Å². The standard InChI is InChI=1S/C16H18N2O4S2/c1-10-7-14(22-11(10)2)16-18(15(19)9-23-16)8-12-3-5-13(6-4-12)24(17,20)21/h3-7,16H,8-9H2,1-2H3,(H2,17,20,21). The van der Waals surface area contributed by atoms with E-state index in [1.54, 1.807) is 17.0 Å². The fraction of sp³-hybridized carbons (Fsp3) is 0.312. The fourth-order valence-electron chi connectivity index (χ4n) is 2.57. The van der Waals surface area contributed by atoms with Crippen molar-refractivity contribution in [1.82, 2.24) is 4.90 Å². The molecule has 2 heterocycles. The molecule has 6 nitrogen and oxygen atoms in total. The molecule has 0 aliphatic carbocycles. The Morgan fingerprint density at radius 1 is 1.29 bits per heavy atom. The minimum Gasteiger partial charge on any atom is -0.463 e. The summed E-state index contributed by atoms with van der Waals surface area (Å²) in [6.07, 6.45) is 0. The van der Waals surface area contributed by atoms with Crippen LogP contribution in [-0.4, -0.2) is 25.0 Å². The van der Waals surface area contributed by atoms with Crippen molar-refractivity contribution in [2.75, 3.05) is 5.75 Å². The summed E-state index contributed by atoms with van der Waals surface area (Å²) in [4.78, 5) is 14.0. The molecule has 2 N–H and O–H groups in total. The zero-order chi connectivity index (χ0) is 17.5. The van der Waals surface area contributed by atoms with Gasteiger partial charge in [0.15, 0.2) is 0 Å². The van der Waals surface area contributed by atoms with Gasteiger partial charge in [-0.25, -0.2) is 13.6 Å². The second kappa shape index (κ2) is 6.27. The molecule has 1 fully saturated rings. The molecule has 128 valence electrons. The highest BCUT2D eigenvalue weighted by Gasteiger charge is 2.35.